The van der Waals surface area contributed by atoms with Gasteiger partial charge in [0, 0.05) is 34.7 Å². The van der Waals surface area contributed by atoms with Crippen molar-refractivity contribution in [3.8, 4) is 0 Å². The summed E-state index contributed by atoms with van der Waals surface area (Å²) in [6, 6.07) is 0. The van der Waals surface area contributed by atoms with Crippen LogP contribution in [0, 0.1) is 0 Å². The molecule has 0 spiro atoms. The van der Waals surface area contributed by atoms with Gasteiger partial charge in [0.1, 0.15) is 0 Å². The molecule has 13 heavy (non-hydrogen) atoms. The van der Waals surface area contributed by atoms with Crippen LogP contribution in [0.2, 0.25) is 0 Å². The topological polar surface area (TPSA) is 98.0 Å². The molecule has 1 radical (unpaired) electrons. The second-order valence-electron chi connectivity index (χ2n) is 1.67. The molecule has 0 amide bonds. The maximum atomic E-state index is 10.2. The molecule has 0 saturated carbocycles. The van der Waals surface area contributed by atoms with Gasteiger partial charge in [-0.2, -0.15) is 8.42 Å². The summed E-state index contributed by atoms with van der Waals surface area (Å²) in [6.45, 7) is 0. The monoisotopic (exact) mass is 241 g/mol. The molecule has 1 heterocycles. The van der Waals surface area contributed by atoms with E-state index >= 15 is 0 Å². The molecule has 0 fully saturated rings. The Kier molecular flexibility index (Phi) is 8.49. The van der Waals surface area contributed by atoms with Crippen molar-refractivity contribution in [3.05, 3.63) is 0 Å². The first-order chi connectivity index (χ1) is 4.99. The van der Waals surface area contributed by atoms with Crippen LogP contribution >= 0.6 is 0 Å². The Labute approximate surface area is 124 Å². The summed E-state index contributed by atoms with van der Waals surface area (Å²) >= 11 is 4.50. The molecular weight excluding hydrogens is 238 g/mol. The zero-order valence-corrected chi connectivity index (χ0v) is 12.7. The molecule has 0 bridgehead atoms. The Morgan fingerprint density at radius 2 is 2.08 bits per heavy atom. The Morgan fingerprint density at radius 1 is 1.54 bits per heavy atom. The zero-order valence-electron chi connectivity index (χ0n) is 7.08. The van der Waals surface area contributed by atoms with E-state index in [9.17, 15) is 8.42 Å². The molecule has 1 aromatic heterocycles. The summed E-state index contributed by atoms with van der Waals surface area (Å²) < 4.78 is 29.6. The first-order valence-corrected chi connectivity index (χ1v) is 4.39. The minimum Gasteiger partial charge on any atom is -0.739 e. The molecular formula is C2H3N4Na2O3S2. The summed E-state index contributed by atoms with van der Waals surface area (Å²) in [5.41, 5.74) is 0. The van der Waals surface area contributed by atoms with Gasteiger partial charge < -0.3 is 12.6 Å². The molecule has 11 heteroatoms. The molecule has 1 rings (SSSR count). The summed E-state index contributed by atoms with van der Waals surface area (Å²) in [5, 5.41) is 9.46. The fraction of sp³-hybridized carbons (Fsp3) is 0.500. The van der Waals surface area contributed by atoms with Gasteiger partial charge in [0.2, 0.25) is 0 Å². The van der Waals surface area contributed by atoms with E-state index in [1.807, 2.05) is 0 Å². The maximum absolute atomic E-state index is 10.2. The molecule has 1 N–H and O–H groups in total. The summed E-state index contributed by atoms with van der Waals surface area (Å²) in [5.74, 6) is -0.709. The molecule has 0 aliphatic rings. The van der Waals surface area contributed by atoms with Gasteiger partial charge in [0.25, 0.3) is 10.1 Å². The summed E-state index contributed by atoms with van der Waals surface area (Å²) in [7, 11) is -4.12. The van der Waals surface area contributed by atoms with Gasteiger partial charge >= 0.3 is 29.6 Å². The average molecular weight is 241 g/mol. The number of rotatable bonds is 2. The van der Waals surface area contributed by atoms with E-state index in [-0.39, 0.29) is 64.3 Å². The van der Waals surface area contributed by atoms with Gasteiger partial charge in [-0.15, -0.1) is 5.10 Å². The third kappa shape index (κ3) is 6.31. The molecule has 63 valence electrons. The third-order valence-corrected chi connectivity index (χ3v) is 1.65. The second kappa shape index (κ2) is 6.64. The standard InChI is InChI=1S/C2H4N4O3S2.2Na/c7-11(8,9)1-6-2(10)3-4-5-6;;/h1H2,(H,3,5,10)(H,7,8,9);;/q;;+1/p-1. The first kappa shape index (κ1) is 16.6. The quantitative estimate of drug-likeness (QED) is 0.314. The van der Waals surface area contributed by atoms with Crippen LogP contribution in [0.25, 0.3) is 0 Å². The van der Waals surface area contributed by atoms with E-state index < -0.39 is 16.0 Å². The van der Waals surface area contributed by atoms with Crippen LogP contribution in [0.4, 0.5) is 0 Å². The zero-order chi connectivity index (χ0) is 8.48. The molecule has 0 saturated heterocycles. The maximum Gasteiger partial charge on any atom is 1.00 e. The van der Waals surface area contributed by atoms with Gasteiger partial charge in [-0.25, -0.2) is 4.68 Å². The minimum atomic E-state index is -4.12. The van der Waals surface area contributed by atoms with E-state index in [1.54, 1.807) is 0 Å². The van der Waals surface area contributed by atoms with E-state index in [0.717, 1.165) is 4.68 Å². The van der Waals surface area contributed by atoms with E-state index in [4.69, 9.17) is 4.55 Å². The fourth-order valence-corrected chi connectivity index (χ4v) is 1.13. The largest absolute Gasteiger partial charge is 1.00 e. The third-order valence-electron chi connectivity index (χ3n) is 0.784. The fourth-order valence-electron chi connectivity index (χ4n) is 0.432. The van der Waals surface area contributed by atoms with Crippen molar-refractivity contribution < 1.29 is 42.5 Å². The van der Waals surface area contributed by atoms with E-state index in [2.05, 4.69) is 28.2 Å². The Hall–Kier alpha value is 1.20. The predicted octanol–water partition coefficient (Wildman–Crippen LogP) is -4.95. The average Bonchev–Trinajstić information content (AvgIpc) is 2.12. The molecule has 0 aliphatic heterocycles. The van der Waals surface area contributed by atoms with Crippen molar-refractivity contribution in [2.24, 2.45) is 0 Å². The van der Waals surface area contributed by atoms with Gasteiger partial charge in [0.15, 0.2) is 5.88 Å². The Balaban J connectivity index is 0. The number of hydrogen-bond acceptors (Lipinski definition) is 6. The molecule has 1 aromatic rings. The normalized spacial score (nSPS) is 9.92. The van der Waals surface area contributed by atoms with Crippen molar-refractivity contribution in [1.82, 2.24) is 20.2 Å². The van der Waals surface area contributed by atoms with Crippen LogP contribution in [0.3, 0.4) is 0 Å². The number of hydrogen-bond donors (Lipinski definition) is 1. The number of nitrogens with zero attached hydrogens (tertiary/aromatic N) is 4. The van der Waals surface area contributed by atoms with E-state index in [1.165, 1.54) is 0 Å². The van der Waals surface area contributed by atoms with Crippen molar-refractivity contribution in [1.29, 1.82) is 0 Å². The van der Waals surface area contributed by atoms with Crippen LogP contribution in [0.1, 0.15) is 0 Å². The van der Waals surface area contributed by atoms with E-state index in [0.29, 0.717) is 0 Å². The van der Waals surface area contributed by atoms with Gasteiger partial charge in [-0.3, -0.25) is 4.55 Å². The Morgan fingerprint density at radius 3 is 2.38 bits per heavy atom. The van der Waals surface area contributed by atoms with Crippen LogP contribution in [-0.2, 0) is 28.6 Å². The van der Waals surface area contributed by atoms with Crippen molar-refractivity contribution in [2.45, 2.75) is 11.0 Å². The van der Waals surface area contributed by atoms with Crippen molar-refractivity contribution in [2.75, 3.05) is 0 Å². The van der Waals surface area contributed by atoms with Gasteiger partial charge in [-0.1, -0.05) is 0 Å². The molecule has 7 nitrogen and oxygen atoms in total. The number of aromatic nitrogens is 4. The SMILES string of the molecule is O=S(=O)(O)Cn1nnnc1[S-].[Na+].[Na]. The number of tetrazole rings is 1. The molecule has 0 unspecified atom stereocenters. The molecule has 0 aromatic carbocycles. The van der Waals surface area contributed by atoms with Crippen LogP contribution in [0.5, 0.6) is 0 Å². The van der Waals surface area contributed by atoms with Gasteiger partial charge in [0.05, 0.1) is 0 Å². The predicted molar refractivity (Wildman–Crippen MR) is 40.8 cm³/mol. The second-order valence-corrected chi connectivity index (χ2v) is 3.46. The summed E-state index contributed by atoms with van der Waals surface area (Å²) in [4.78, 5) is 0. The van der Waals surface area contributed by atoms with Crippen LogP contribution < -0.4 is 29.6 Å². The summed E-state index contributed by atoms with van der Waals surface area (Å²) in [6.07, 6.45) is 0. The molecule has 0 atom stereocenters. The minimum absolute atomic E-state index is 0. The van der Waals surface area contributed by atoms with Crippen LogP contribution in [0.15, 0.2) is 5.16 Å². The smallest absolute Gasteiger partial charge is 0.739 e. The van der Waals surface area contributed by atoms with Gasteiger partial charge in [-0.05, 0) is 10.4 Å². The van der Waals surface area contributed by atoms with Crippen molar-refractivity contribution >= 4 is 52.3 Å². The first-order valence-electron chi connectivity index (χ1n) is 2.37. The van der Waals surface area contributed by atoms with Crippen molar-refractivity contribution in [3.63, 3.8) is 0 Å². The molecule has 0 aliphatic carbocycles. The van der Waals surface area contributed by atoms with Crippen LogP contribution in [-0.4, -0.2) is 62.7 Å². The Bertz CT molecular complexity index is 350.